The number of hydrogen-bond donors (Lipinski definition) is 2. The third kappa shape index (κ3) is 4.68. The smallest absolute Gasteiger partial charge is 0.286 e. The molecule has 0 aromatic rings. The Balaban J connectivity index is 3.58. The molecule has 0 unspecified atom stereocenters. The maximum Gasteiger partial charge on any atom is 0.286 e. The topological polar surface area (TPSA) is 70.7 Å². The molecule has 3 N–H and O–H groups in total. The van der Waals surface area contributed by atoms with E-state index in [0.717, 1.165) is 6.54 Å². The molecule has 0 fully saturated rings. The van der Waals surface area contributed by atoms with Crippen LogP contribution in [0, 0.1) is 0 Å². The van der Waals surface area contributed by atoms with Crippen LogP contribution in [-0.4, -0.2) is 50.9 Å². The van der Waals surface area contributed by atoms with E-state index >= 15 is 0 Å². The lowest BCUT2D eigenvalue weighted by Crippen LogP contribution is -2.39. The molecule has 0 atom stereocenters. The fourth-order valence-electron chi connectivity index (χ4n) is 0.585. The van der Waals surface area contributed by atoms with Gasteiger partial charge in [0, 0.05) is 20.1 Å². The summed E-state index contributed by atoms with van der Waals surface area (Å²) in [6.45, 7) is 1.38. The van der Waals surface area contributed by atoms with Gasteiger partial charge in [-0.25, -0.2) is 0 Å². The zero-order chi connectivity index (χ0) is 9.56. The van der Waals surface area contributed by atoms with Crippen molar-refractivity contribution in [1.29, 1.82) is 0 Å². The molecule has 12 heavy (non-hydrogen) atoms. The molecular weight excluding hydrogens is 156 g/mol. The van der Waals surface area contributed by atoms with E-state index in [4.69, 9.17) is 5.73 Å². The highest BCUT2D eigenvalue weighted by molar-refractivity contribution is 6.37. The van der Waals surface area contributed by atoms with Crippen LogP contribution in [0.25, 0.3) is 0 Å². The zero-order valence-corrected chi connectivity index (χ0v) is 7.79. The highest BCUT2D eigenvalue weighted by Gasteiger charge is 2.03. The van der Waals surface area contributed by atoms with Gasteiger partial charge in [0.1, 0.15) is 0 Å². The van der Waals surface area contributed by atoms with Crippen molar-refractivity contribution in [3.8, 4) is 0 Å². The maximum absolute atomic E-state index is 11.0. The summed E-state index contributed by atoms with van der Waals surface area (Å²) in [4.78, 5) is 16.5. The van der Waals surface area contributed by atoms with Gasteiger partial charge in [0.25, 0.3) is 5.91 Å². The van der Waals surface area contributed by atoms with Gasteiger partial charge in [-0.2, -0.15) is 0 Å². The quantitative estimate of drug-likeness (QED) is 0.408. The summed E-state index contributed by atoms with van der Waals surface area (Å²) in [6.07, 6.45) is 0. The molecule has 5 heteroatoms. The number of amides is 1. The van der Waals surface area contributed by atoms with Crippen molar-refractivity contribution in [2.45, 2.75) is 0 Å². The first kappa shape index (κ1) is 10.9. The Hall–Kier alpha value is -1.10. The van der Waals surface area contributed by atoms with E-state index in [1.165, 1.54) is 7.05 Å². The molecular formula is C7H16N4O. The average Bonchev–Trinajstić information content (AvgIpc) is 2.02. The Morgan fingerprint density at radius 3 is 2.58 bits per heavy atom. The van der Waals surface area contributed by atoms with E-state index in [2.05, 4.69) is 10.3 Å². The normalized spacial score (nSPS) is 11.8. The van der Waals surface area contributed by atoms with Crippen LogP contribution in [0.15, 0.2) is 4.99 Å². The largest absolute Gasteiger partial charge is 0.379 e. The molecule has 5 nitrogen and oxygen atoms in total. The van der Waals surface area contributed by atoms with Crippen molar-refractivity contribution in [3.05, 3.63) is 0 Å². The van der Waals surface area contributed by atoms with Gasteiger partial charge in [0.15, 0.2) is 5.84 Å². The van der Waals surface area contributed by atoms with Crippen molar-refractivity contribution in [2.24, 2.45) is 10.7 Å². The summed E-state index contributed by atoms with van der Waals surface area (Å²) < 4.78 is 0. The molecule has 0 radical (unpaired) electrons. The van der Waals surface area contributed by atoms with Crippen molar-refractivity contribution in [1.82, 2.24) is 10.2 Å². The number of aliphatic imine (C=N–C) groups is 1. The second-order valence-corrected chi connectivity index (χ2v) is 2.67. The van der Waals surface area contributed by atoms with Gasteiger partial charge < -0.3 is 16.0 Å². The Kier molecular flexibility index (Phi) is 5.03. The molecule has 0 spiro atoms. The molecule has 0 aliphatic rings. The van der Waals surface area contributed by atoms with Crippen molar-refractivity contribution in [3.63, 3.8) is 0 Å². The minimum atomic E-state index is -0.306. The van der Waals surface area contributed by atoms with E-state index < -0.39 is 0 Å². The Morgan fingerprint density at radius 1 is 1.58 bits per heavy atom. The van der Waals surface area contributed by atoms with Gasteiger partial charge in [-0.05, 0) is 14.1 Å². The first-order valence-electron chi connectivity index (χ1n) is 3.73. The summed E-state index contributed by atoms with van der Waals surface area (Å²) in [5, 5.41) is 2.63. The monoisotopic (exact) mass is 172 g/mol. The van der Waals surface area contributed by atoms with Crippen molar-refractivity contribution in [2.75, 3.05) is 34.2 Å². The second kappa shape index (κ2) is 5.54. The standard InChI is InChI=1S/C7H16N4O/c1-9-6(8)7(12)10-4-5-11(2)3/h4-5H2,1-3H3,(H2,8,9)(H,10,12). The first-order valence-corrected chi connectivity index (χ1v) is 3.73. The molecule has 70 valence electrons. The molecule has 1 amide bonds. The summed E-state index contributed by atoms with van der Waals surface area (Å²) in [6, 6.07) is 0. The number of rotatable bonds is 3. The minimum Gasteiger partial charge on any atom is -0.379 e. The Bertz CT molecular complexity index is 176. The number of amidine groups is 1. The Labute approximate surface area is 72.6 Å². The third-order valence-corrected chi connectivity index (χ3v) is 1.32. The van der Waals surface area contributed by atoms with E-state index in [-0.39, 0.29) is 11.7 Å². The first-order chi connectivity index (χ1) is 5.57. The van der Waals surface area contributed by atoms with Crippen LogP contribution in [0.2, 0.25) is 0 Å². The van der Waals surface area contributed by atoms with Crippen molar-refractivity contribution < 1.29 is 4.79 Å². The van der Waals surface area contributed by atoms with Crippen LogP contribution >= 0.6 is 0 Å². The molecule has 0 heterocycles. The molecule has 0 aliphatic heterocycles. The van der Waals surface area contributed by atoms with E-state index in [0.29, 0.717) is 6.54 Å². The third-order valence-electron chi connectivity index (χ3n) is 1.32. The van der Waals surface area contributed by atoms with Gasteiger partial charge in [0.2, 0.25) is 0 Å². The van der Waals surface area contributed by atoms with E-state index in [9.17, 15) is 4.79 Å². The molecule has 0 aliphatic carbocycles. The highest BCUT2D eigenvalue weighted by atomic mass is 16.2. The SMILES string of the molecule is CN=C(N)C(=O)NCCN(C)C. The number of carbonyl (C=O) groups excluding carboxylic acids is 1. The highest BCUT2D eigenvalue weighted by Crippen LogP contribution is 1.72. The van der Waals surface area contributed by atoms with Gasteiger partial charge in [-0.3, -0.25) is 9.79 Å². The second-order valence-electron chi connectivity index (χ2n) is 2.67. The minimum absolute atomic E-state index is 0.0220. The lowest BCUT2D eigenvalue weighted by atomic mass is 10.5. The van der Waals surface area contributed by atoms with Crippen LogP contribution in [0.3, 0.4) is 0 Å². The summed E-state index contributed by atoms with van der Waals surface area (Å²) >= 11 is 0. The predicted octanol–water partition coefficient (Wildman–Crippen LogP) is -1.35. The lowest BCUT2D eigenvalue weighted by molar-refractivity contribution is -0.114. The van der Waals surface area contributed by atoms with Crippen LogP contribution in [0.5, 0.6) is 0 Å². The van der Waals surface area contributed by atoms with Gasteiger partial charge in [-0.1, -0.05) is 0 Å². The van der Waals surface area contributed by atoms with Crippen LogP contribution in [0.4, 0.5) is 0 Å². The fraction of sp³-hybridized carbons (Fsp3) is 0.714. The van der Waals surface area contributed by atoms with Gasteiger partial charge >= 0.3 is 0 Å². The number of nitrogens with one attached hydrogen (secondary N) is 1. The molecule has 0 aromatic heterocycles. The number of nitrogens with two attached hydrogens (primary N) is 1. The van der Waals surface area contributed by atoms with Crippen LogP contribution < -0.4 is 11.1 Å². The molecule has 0 saturated heterocycles. The zero-order valence-electron chi connectivity index (χ0n) is 7.79. The van der Waals surface area contributed by atoms with E-state index in [1.54, 1.807) is 0 Å². The lowest BCUT2D eigenvalue weighted by Gasteiger charge is -2.09. The van der Waals surface area contributed by atoms with Gasteiger partial charge in [0.05, 0.1) is 0 Å². The van der Waals surface area contributed by atoms with Crippen molar-refractivity contribution >= 4 is 11.7 Å². The molecule has 0 saturated carbocycles. The number of carbonyl (C=O) groups is 1. The number of likely N-dealkylation sites (N-methyl/N-ethyl adjacent to an activating group) is 1. The molecule has 0 aromatic carbocycles. The number of nitrogens with zero attached hydrogens (tertiary/aromatic N) is 2. The average molecular weight is 172 g/mol. The van der Waals surface area contributed by atoms with E-state index in [1.807, 2.05) is 19.0 Å². The summed E-state index contributed by atoms with van der Waals surface area (Å²) in [5.74, 6) is -0.284. The van der Waals surface area contributed by atoms with Crippen LogP contribution in [0.1, 0.15) is 0 Å². The predicted molar refractivity (Wildman–Crippen MR) is 49.1 cm³/mol. The molecule has 0 bridgehead atoms. The number of hydrogen-bond acceptors (Lipinski definition) is 3. The van der Waals surface area contributed by atoms with Crippen LogP contribution in [-0.2, 0) is 4.79 Å². The fourth-order valence-corrected chi connectivity index (χ4v) is 0.585. The summed E-state index contributed by atoms with van der Waals surface area (Å²) in [5.41, 5.74) is 5.26. The van der Waals surface area contributed by atoms with Gasteiger partial charge in [-0.15, -0.1) is 0 Å². The Morgan fingerprint density at radius 2 is 2.17 bits per heavy atom. The summed E-state index contributed by atoms with van der Waals surface area (Å²) in [7, 11) is 5.35. The molecule has 0 rings (SSSR count). The maximum atomic E-state index is 11.0.